The first-order valence-electron chi connectivity index (χ1n) is 5.49. The van der Waals surface area contributed by atoms with Gasteiger partial charge in [0.2, 0.25) is 0 Å². The Kier molecular flexibility index (Phi) is 3.93. The van der Waals surface area contributed by atoms with E-state index in [1.54, 1.807) is 0 Å². The third-order valence-corrected chi connectivity index (χ3v) is 4.35. The van der Waals surface area contributed by atoms with Crippen LogP contribution >= 0.6 is 24.0 Å². The van der Waals surface area contributed by atoms with Gasteiger partial charge in [-0.25, -0.2) is 0 Å². The van der Waals surface area contributed by atoms with E-state index in [9.17, 15) is 0 Å². The smallest absolute Gasteiger partial charge is 0.166 e. The second-order valence-corrected chi connectivity index (χ2v) is 5.72. The lowest BCUT2D eigenvalue weighted by molar-refractivity contribution is 0.599. The van der Waals surface area contributed by atoms with Crippen molar-refractivity contribution in [1.29, 1.82) is 0 Å². The molecule has 1 saturated carbocycles. The molecule has 1 unspecified atom stereocenters. The van der Waals surface area contributed by atoms with Crippen LogP contribution in [0.1, 0.15) is 32.1 Å². The molecule has 2 rings (SSSR count). The van der Waals surface area contributed by atoms with Gasteiger partial charge in [-0.1, -0.05) is 12.8 Å². The lowest BCUT2D eigenvalue weighted by Crippen LogP contribution is -2.45. The van der Waals surface area contributed by atoms with Crippen molar-refractivity contribution in [2.75, 3.05) is 11.5 Å². The third-order valence-electron chi connectivity index (χ3n) is 2.96. The van der Waals surface area contributed by atoms with Crippen LogP contribution in [0.15, 0.2) is 0 Å². The van der Waals surface area contributed by atoms with Crippen LogP contribution in [0.3, 0.4) is 0 Å². The van der Waals surface area contributed by atoms with Crippen molar-refractivity contribution in [3.63, 3.8) is 0 Å². The molecule has 0 amide bonds. The predicted octanol–water partition coefficient (Wildman–Crippen LogP) is 1.90. The predicted molar refractivity (Wildman–Crippen MR) is 66.9 cm³/mol. The molecule has 1 heterocycles. The Morgan fingerprint density at radius 3 is 2.43 bits per heavy atom. The van der Waals surface area contributed by atoms with E-state index >= 15 is 0 Å². The highest BCUT2D eigenvalue weighted by atomic mass is 32.2. The quantitative estimate of drug-likeness (QED) is 0.708. The zero-order valence-corrected chi connectivity index (χ0v) is 10.1. The Bertz CT molecular complexity index is 176. The molecule has 0 aromatic rings. The van der Waals surface area contributed by atoms with Gasteiger partial charge in [-0.3, -0.25) is 0 Å². The van der Waals surface area contributed by atoms with Gasteiger partial charge in [0.1, 0.15) is 0 Å². The third kappa shape index (κ3) is 3.02. The van der Waals surface area contributed by atoms with Gasteiger partial charge in [0, 0.05) is 17.8 Å². The van der Waals surface area contributed by atoms with Gasteiger partial charge in [0.15, 0.2) is 5.11 Å². The molecular weight excluding hydrogens is 212 g/mol. The van der Waals surface area contributed by atoms with Gasteiger partial charge in [0.25, 0.3) is 0 Å². The molecule has 2 nitrogen and oxygen atoms in total. The summed E-state index contributed by atoms with van der Waals surface area (Å²) in [6.07, 6.45) is 6.57. The molecule has 2 fully saturated rings. The fourth-order valence-corrected chi connectivity index (χ4v) is 3.62. The van der Waals surface area contributed by atoms with Crippen LogP contribution in [0.5, 0.6) is 0 Å². The number of rotatable bonds is 2. The number of hydrogen-bond donors (Lipinski definition) is 2. The number of thiocarbonyl (C=S) groups is 1. The van der Waals surface area contributed by atoms with E-state index < -0.39 is 0 Å². The maximum absolute atomic E-state index is 5.30. The van der Waals surface area contributed by atoms with Gasteiger partial charge in [-0.05, 0) is 37.2 Å². The SMILES string of the molecule is S=C(NC1CCCC1)NC1CCSC1. The van der Waals surface area contributed by atoms with Gasteiger partial charge in [0.05, 0.1) is 0 Å². The van der Waals surface area contributed by atoms with Crippen molar-refractivity contribution < 1.29 is 0 Å². The normalized spacial score (nSPS) is 27.9. The molecule has 14 heavy (non-hydrogen) atoms. The zero-order valence-electron chi connectivity index (χ0n) is 8.42. The topological polar surface area (TPSA) is 24.1 Å². The summed E-state index contributed by atoms with van der Waals surface area (Å²) in [5, 5.41) is 7.70. The molecule has 0 aromatic carbocycles. The standard InChI is InChI=1S/C10H18N2S2/c13-10(11-8-3-1-2-4-8)12-9-5-6-14-7-9/h8-9H,1-7H2,(H2,11,12,13). The average Bonchev–Trinajstić information content (AvgIpc) is 2.76. The lowest BCUT2D eigenvalue weighted by atomic mass is 10.2. The molecule has 0 bridgehead atoms. The first-order chi connectivity index (χ1) is 6.84. The molecule has 80 valence electrons. The Morgan fingerprint density at radius 2 is 1.79 bits per heavy atom. The monoisotopic (exact) mass is 230 g/mol. The van der Waals surface area contributed by atoms with Crippen molar-refractivity contribution in [3.05, 3.63) is 0 Å². The van der Waals surface area contributed by atoms with E-state index in [1.807, 2.05) is 11.8 Å². The Morgan fingerprint density at radius 1 is 1.07 bits per heavy atom. The van der Waals surface area contributed by atoms with Gasteiger partial charge < -0.3 is 10.6 Å². The molecule has 0 spiro atoms. The maximum atomic E-state index is 5.30. The van der Waals surface area contributed by atoms with Crippen molar-refractivity contribution in [2.45, 2.75) is 44.2 Å². The fourth-order valence-electron chi connectivity index (χ4n) is 2.13. The second-order valence-electron chi connectivity index (χ2n) is 4.16. The minimum absolute atomic E-state index is 0.612. The first kappa shape index (κ1) is 10.6. The highest BCUT2D eigenvalue weighted by molar-refractivity contribution is 7.99. The summed E-state index contributed by atoms with van der Waals surface area (Å²) >= 11 is 7.31. The Labute approximate surface area is 95.6 Å². The summed E-state index contributed by atoms with van der Waals surface area (Å²) in [6, 6.07) is 1.26. The minimum Gasteiger partial charge on any atom is -0.360 e. The zero-order chi connectivity index (χ0) is 9.80. The van der Waals surface area contributed by atoms with Crippen LogP contribution in [0.4, 0.5) is 0 Å². The van der Waals surface area contributed by atoms with Crippen LogP contribution in [-0.2, 0) is 0 Å². The van der Waals surface area contributed by atoms with Crippen molar-refractivity contribution in [3.8, 4) is 0 Å². The van der Waals surface area contributed by atoms with Gasteiger partial charge >= 0.3 is 0 Å². The maximum Gasteiger partial charge on any atom is 0.166 e. The number of thioether (sulfide) groups is 1. The molecule has 0 radical (unpaired) electrons. The van der Waals surface area contributed by atoms with Crippen LogP contribution in [-0.4, -0.2) is 28.7 Å². The fraction of sp³-hybridized carbons (Fsp3) is 0.900. The summed E-state index contributed by atoms with van der Waals surface area (Å²) in [5.74, 6) is 2.50. The van der Waals surface area contributed by atoms with Crippen LogP contribution in [0, 0.1) is 0 Å². The molecule has 2 N–H and O–H groups in total. The molecule has 4 heteroatoms. The molecule has 1 saturated heterocycles. The summed E-state index contributed by atoms with van der Waals surface area (Å²) in [6.45, 7) is 0. The molecule has 0 aromatic heterocycles. The van der Waals surface area contributed by atoms with Gasteiger partial charge in [-0.15, -0.1) is 0 Å². The van der Waals surface area contributed by atoms with E-state index in [2.05, 4.69) is 10.6 Å². The van der Waals surface area contributed by atoms with E-state index in [1.165, 1.54) is 43.6 Å². The molecule has 2 aliphatic rings. The molecule has 1 atom stereocenters. The molecular formula is C10H18N2S2. The number of nitrogens with one attached hydrogen (secondary N) is 2. The Hall–Kier alpha value is 0.0400. The lowest BCUT2D eigenvalue weighted by Gasteiger charge is -2.18. The van der Waals surface area contributed by atoms with E-state index in [4.69, 9.17) is 12.2 Å². The van der Waals surface area contributed by atoms with Crippen molar-refractivity contribution in [1.82, 2.24) is 10.6 Å². The van der Waals surface area contributed by atoms with Crippen LogP contribution in [0.25, 0.3) is 0 Å². The average molecular weight is 230 g/mol. The van der Waals surface area contributed by atoms with Crippen molar-refractivity contribution in [2.24, 2.45) is 0 Å². The second kappa shape index (κ2) is 5.21. The van der Waals surface area contributed by atoms with E-state index in [0.717, 1.165) is 5.11 Å². The summed E-state index contributed by atoms with van der Waals surface area (Å²) < 4.78 is 0. The van der Waals surface area contributed by atoms with Crippen LogP contribution < -0.4 is 10.6 Å². The Balaban J connectivity index is 1.66. The van der Waals surface area contributed by atoms with E-state index in [-0.39, 0.29) is 0 Å². The minimum atomic E-state index is 0.612. The summed E-state index contributed by atoms with van der Waals surface area (Å²) in [7, 11) is 0. The van der Waals surface area contributed by atoms with Gasteiger partial charge in [-0.2, -0.15) is 11.8 Å². The summed E-state index contributed by atoms with van der Waals surface area (Å²) in [4.78, 5) is 0. The highest BCUT2D eigenvalue weighted by Gasteiger charge is 2.19. The highest BCUT2D eigenvalue weighted by Crippen LogP contribution is 2.19. The van der Waals surface area contributed by atoms with Crippen LogP contribution in [0.2, 0.25) is 0 Å². The molecule has 1 aliphatic carbocycles. The first-order valence-corrected chi connectivity index (χ1v) is 7.05. The summed E-state index contributed by atoms with van der Waals surface area (Å²) in [5.41, 5.74) is 0. The largest absolute Gasteiger partial charge is 0.360 e. The van der Waals surface area contributed by atoms with E-state index in [0.29, 0.717) is 12.1 Å². The number of hydrogen-bond acceptors (Lipinski definition) is 2. The molecule has 1 aliphatic heterocycles. The van der Waals surface area contributed by atoms with Crippen molar-refractivity contribution >= 4 is 29.1 Å².